The van der Waals surface area contributed by atoms with Crippen molar-refractivity contribution in [3.05, 3.63) is 0 Å². The molecule has 14 heavy (non-hydrogen) atoms. The fourth-order valence-corrected chi connectivity index (χ4v) is 2.54. The molecule has 2 aliphatic rings. The van der Waals surface area contributed by atoms with E-state index in [-0.39, 0.29) is 0 Å². The van der Waals surface area contributed by atoms with Crippen molar-refractivity contribution in [1.29, 1.82) is 0 Å². The summed E-state index contributed by atoms with van der Waals surface area (Å²) in [6.07, 6.45) is 5.13. The summed E-state index contributed by atoms with van der Waals surface area (Å²) in [5.74, 6) is 0.882. The second kappa shape index (κ2) is 4.60. The van der Waals surface area contributed by atoms with Gasteiger partial charge in [0.25, 0.3) is 0 Å². The topological polar surface area (TPSA) is 38.5 Å². The van der Waals surface area contributed by atoms with Crippen LogP contribution in [0, 0.1) is 5.92 Å². The van der Waals surface area contributed by atoms with Crippen LogP contribution in [0.1, 0.15) is 25.7 Å². The molecule has 0 spiro atoms. The van der Waals surface area contributed by atoms with E-state index in [1.54, 1.807) is 0 Å². The number of hydrogen-bond acceptors (Lipinski definition) is 3. The van der Waals surface area contributed by atoms with E-state index in [9.17, 15) is 0 Å². The molecule has 2 N–H and O–H groups in total. The summed E-state index contributed by atoms with van der Waals surface area (Å²) in [7, 11) is 2.24. The Balaban J connectivity index is 1.86. The first kappa shape index (κ1) is 10.4. The van der Waals surface area contributed by atoms with Crippen LogP contribution in [0.4, 0.5) is 0 Å². The second-order valence-corrected chi connectivity index (χ2v) is 4.65. The molecule has 3 nitrogen and oxygen atoms in total. The van der Waals surface area contributed by atoms with Gasteiger partial charge in [-0.3, -0.25) is 4.90 Å². The smallest absolute Gasteiger partial charge is 0.0480 e. The summed E-state index contributed by atoms with van der Waals surface area (Å²) >= 11 is 0. The average Bonchev–Trinajstić information content (AvgIpc) is 3.04. The van der Waals surface area contributed by atoms with Gasteiger partial charge in [-0.15, -0.1) is 0 Å². The van der Waals surface area contributed by atoms with Crippen molar-refractivity contribution in [3.63, 3.8) is 0 Å². The minimum absolute atomic E-state index is 0.623. The van der Waals surface area contributed by atoms with Crippen LogP contribution in [0.3, 0.4) is 0 Å². The molecule has 1 aliphatic carbocycles. The molecule has 0 aromatic heterocycles. The summed E-state index contributed by atoms with van der Waals surface area (Å²) < 4.78 is 5.38. The van der Waals surface area contributed by atoms with E-state index < -0.39 is 0 Å². The number of hydrogen-bond donors (Lipinski definition) is 1. The Morgan fingerprint density at radius 2 is 1.93 bits per heavy atom. The average molecular weight is 198 g/mol. The van der Waals surface area contributed by atoms with Crippen molar-refractivity contribution in [2.75, 3.05) is 26.8 Å². The molecule has 1 saturated heterocycles. The van der Waals surface area contributed by atoms with Crippen LogP contribution in [0.2, 0.25) is 0 Å². The predicted molar refractivity (Wildman–Crippen MR) is 57.2 cm³/mol. The van der Waals surface area contributed by atoms with Gasteiger partial charge in [0.1, 0.15) is 0 Å². The maximum absolute atomic E-state index is 5.85. The number of rotatable bonds is 4. The van der Waals surface area contributed by atoms with E-state index in [4.69, 9.17) is 10.5 Å². The van der Waals surface area contributed by atoms with Crippen molar-refractivity contribution >= 4 is 0 Å². The van der Waals surface area contributed by atoms with Crippen LogP contribution in [-0.4, -0.2) is 43.8 Å². The van der Waals surface area contributed by atoms with Crippen molar-refractivity contribution < 1.29 is 4.74 Å². The molecular weight excluding hydrogens is 176 g/mol. The van der Waals surface area contributed by atoms with Gasteiger partial charge in [0, 0.05) is 31.8 Å². The van der Waals surface area contributed by atoms with E-state index in [0.717, 1.165) is 25.7 Å². The summed E-state index contributed by atoms with van der Waals surface area (Å²) in [6, 6.07) is 1.33. The lowest BCUT2D eigenvalue weighted by molar-refractivity contribution is 0.0262. The first-order valence-electron chi connectivity index (χ1n) is 5.82. The first-order valence-corrected chi connectivity index (χ1v) is 5.82. The summed E-state index contributed by atoms with van der Waals surface area (Å²) in [5, 5.41) is 0. The molecule has 82 valence electrons. The second-order valence-electron chi connectivity index (χ2n) is 4.65. The van der Waals surface area contributed by atoms with Crippen LogP contribution < -0.4 is 5.73 Å². The lowest BCUT2D eigenvalue weighted by Crippen LogP contribution is -2.47. The van der Waals surface area contributed by atoms with Gasteiger partial charge >= 0.3 is 0 Å². The maximum atomic E-state index is 5.85. The van der Waals surface area contributed by atoms with Gasteiger partial charge in [0.15, 0.2) is 0 Å². The Hall–Kier alpha value is -0.120. The quantitative estimate of drug-likeness (QED) is 0.727. The zero-order valence-electron chi connectivity index (χ0n) is 9.11. The molecule has 0 radical (unpaired) electrons. The number of likely N-dealkylation sites (N-methyl/N-ethyl adjacent to an activating group) is 1. The molecule has 2 fully saturated rings. The van der Waals surface area contributed by atoms with Crippen molar-refractivity contribution in [2.45, 2.75) is 37.8 Å². The molecule has 1 saturated carbocycles. The highest BCUT2D eigenvalue weighted by molar-refractivity contribution is 4.90. The highest BCUT2D eigenvalue weighted by Gasteiger charge is 2.35. The zero-order chi connectivity index (χ0) is 9.97. The Morgan fingerprint density at radius 3 is 2.43 bits per heavy atom. The van der Waals surface area contributed by atoms with E-state index >= 15 is 0 Å². The van der Waals surface area contributed by atoms with E-state index in [2.05, 4.69) is 11.9 Å². The molecule has 1 atom stereocenters. The lowest BCUT2D eigenvalue weighted by Gasteiger charge is -2.36. The van der Waals surface area contributed by atoms with Gasteiger partial charge in [-0.05, 0) is 38.6 Å². The standard InChI is InChI=1S/C11H22N2O/c1-13(10-4-6-14-7-5-10)11(8-12)9-2-3-9/h9-11H,2-8,12H2,1H3. The Kier molecular flexibility index (Phi) is 3.42. The third-order valence-corrected chi connectivity index (χ3v) is 3.70. The molecule has 2 rings (SSSR count). The van der Waals surface area contributed by atoms with E-state index in [1.165, 1.54) is 25.7 Å². The minimum Gasteiger partial charge on any atom is -0.381 e. The highest BCUT2D eigenvalue weighted by Crippen LogP contribution is 2.35. The van der Waals surface area contributed by atoms with Gasteiger partial charge in [0.2, 0.25) is 0 Å². The summed E-state index contributed by atoms with van der Waals surface area (Å²) in [5.41, 5.74) is 5.85. The van der Waals surface area contributed by atoms with Crippen LogP contribution in [0.15, 0.2) is 0 Å². The van der Waals surface area contributed by atoms with E-state index in [0.29, 0.717) is 12.1 Å². The van der Waals surface area contributed by atoms with Gasteiger partial charge in [-0.1, -0.05) is 0 Å². The maximum Gasteiger partial charge on any atom is 0.0480 e. The summed E-state index contributed by atoms with van der Waals surface area (Å²) in [6.45, 7) is 2.67. The van der Waals surface area contributed by atoms with Gasteiger partial charge < -0.3 is 10.5 Å². The molecule has 3 heteroatoms. The third-order valence-electron chi connectivity index (χ3n) is 3.70. The molecular formula is C11H22N2O. The minimum atomic E-state index is 0.623. The monoisotopic (exact) mass is 198 g/mol. The van der Waals surface area contributed by atoms with Gasteiger partial charge in [-0.25, -0.2) is 0 Å². The first-order chi connectivity index (χ1) is 6.83. The lowest BCUT2D eigenvalue weighted by atomic mass is 10.0. The van der Waals surface area contributed by atoms with Crippen LogP contribution in [0.25, 0.3) is 0 Å². The van der Waals surface area contributed by atoms with E-state index in [1.807, 2.05) is 0 Å². The zero-order valence-corrected chi connectivity index (χ0v) is 9.11. The Bertz CT molecular complexity index is 176. The molecule has 1 unspecified atom stereocenters. The highest BCUT2D eigenvalue weighted by atomic mass is 16.5. The Labute approximate surface area is 86.6 Å². The predicted octanol–water partition coefficient (Wildman–Crippen LogP) is 0.834. The molecule has 0 amide bonds. The normalized spacial score (nSPS) is 26.8. The van der Waals surface area contributed by atoms with Gasteiger partial charge in [0.05, 0.1) is 0 Å². The SMILES string of the molecule is CN(C1CCOCC1)C(CN)C1CC1. The van der Waals surface area contributed by atoms with Gasteiger partial charge in [-0.2, -0.15) is 0 Å². The largest absolute Gasteiger partial charge is 0.381 e. The number of ether oxygens (including phenoxy) is 1. The molecule has 0 aromatic rings. The molecule has 1 aliphatic heterocycles. The van der Waals surface area contributed by atoms with Crippen molar-refractivity contribution in [1.82, 2.24) is 4.90 Å². The fourth-order valence-electron chi connectivity index (χ4n) is 2.54. The van der Waals surface area contributed by atoms with Crippen LogP contribution >= 0.6 is 0 Å². The molecule has 0 bridgehead atoms. The number of nitrogens with zero attached hydrogens (tertiary/aromatic N) is 1. The fraction of sp³-hybridized carbons (Fsp3) is 1.00. The van der Waals surface area contributed by atoms with Crippen LogP contribution in [-0.2, 0) is 4.74 Å². The molecule has 1 heterocycles. The van der Waals surface area contributed by atoms with Crippen molar-refractivity contribution in [3.8, 4) is 0 Å². The molecule has 0 aromatic carbocycles. The van der Waals surface area contributed by atoms with Crippen molar-refractivity contribution in [2.24, 2.45) is 11.7 Å². The van der Waals surface area contributed by atoms with Crippen LogP contribution in [0.5, 0.6) is 0 Å². The summed E-state index contributed by atoms with van der Waals surface area (Å²) in [4.78, 5) is 2.51. The number of nitrogens with two attached hydrogens (primary N) is 1. The Morgan fingerprint density at radius 1 is 1.29 bits per heavy atom. The third kappa shape index (κ3) is 2.27.